The number of aliphatic carboxylic acids is 1. The van der Waals surface area contributed by atoms with Crippen LogP contribution in [-0.2, 0) is 11.2 Å². The van der Waals surface area contributed by atoms with Crippen molar-refractivity contribution in [2.24, 2.45) is 5.41 Å². The minimum Gasteiger partial charge on any atom is -0.481 e. The second-order valence-electron chi connectivity index (χ2n) is 6.92. The molecule has 4 heteroatoms. The van der Waals surface area contributed by atoms with Gasteiger partial charge in [0, 0.05) is 18.2 Å². The topological polar surface area (TPSA) is 57.6 Å². The average molecular weight is 289 g/mol. The maximum atomic E-state index is 12.7. The van der Waals surface area contributed by atoms with Crippen LogP contribution < -0.4 is 0 Å². The van der Waals surface area contributed by atoms with E-state index in [1.165, 1.54) is 0 Å². The van der Waals surface area contributed by atoms with Gasteiger partial charge in [-0.3, -0.25) is 9.59 Å². The van der Waals surface area contributed by atoms with Crippen LogP contribution >= 0.6 is 0 Å². The predicted octanol–water partition coefficient (Wildman–Crippen LogP) is 2.96. The van der Waals surface area contributed by atoms with E-state index in [1.807, 2.05) is 24.3 Å². The van der Waals surface area contributed by atoms with E-state index >= 15 is 0 Å². The maximum absolute atomic E-state index is 12.7. The normalized spacial score (nSPS) is 16.5. The van der Waals surface area contributed by atoms with Crippen LogP contribution in [0.1, 0.15) is 49.5 Å². The first kappa shape index (κ1) is 15.5. The van der Waals surface area contributed by atoms with Crippen molar-refractivity contribution in [3.05, 3.63) is 35.4 Å². The number of hydrogen-bond donors (Lipinski definition) is 1. The molecule has 1 atom stereocenters. The zero-order valence-electron chi connectivity index (χ0n) is 12.9. The molecule has 0 saturated carbocycles. The Kier molecular flexibility index (Phi) is 4.35. The number of fused-ring (bicyclic) bond motifs is 1. The molecule has 0 spiro atoms. The van der Waals surface area contributed by atoms with Crippen LogP contribution in [0, 0.1) is 5.41 Å². The molecule has 0 aromatic heterocycles. The van der Waals surface area contributed by atoms with E-state index in [1.54, 1.807) is 4.90 Å². The Labute approximate surface area is 125 Å². The van der Waals surface area contributed by atoms with Crippen LogP contribution in [0.25, 0.3) is 0 Å². The van der Waals surface area contributed by atoms with Gasteiger partial charge in [-0.15, -0.1) is 0 Å². The summed E-state index contributed by atoms with van der Waals surface area (Å²) in [6, 6.07) is 7.35. The monoisotopic (exact) mass is 289 g/mol. The standard InChI is InChI=1S/C17H23NO3/c1-17(2,3)11-13(10-15(19)20)18-9-8-12-6-4-5-7-14(12)16(18)21/h4-7,13H,8-11H2,1-3H3,(H,19,20). The van der Waals surface area contributed by atoms with Crippen molar-refractivity contribution >= 4 is 11.9 Å². The van der Waals surface area contributed by atoms with Gasteiger partial charge in [0.15, 0.2) is 0 Å². The fourth-order valence-electron chi connectivity index (χ4n) is 2.99. The van der Waals surface area contributed by atoms with Crippen LogP contribution in [-0.4, -0.2) is 34.5 Å². The summed E-state index contributed by atoms with van der Waals surface area (Å²) in [5.74, 6) is -0.886. The second kappa shape index (κ2) is 5.88. The molecule has 1 aliphatic heterocycles. The highest BCUT2D eigenvalue weighted by Crippen LogP contribution is 2.29. The number of carboxylic acid groups (broad SMARTS) is 1. The van der Waals surface area contributed by atoms with Crippen molar-refractivity contribution in [3.8, 4) is 0 Å². The predicted molar refractivity (Wildman–Crippen MR) is 81.3 cm³/mol. The van der Waals surface area contributed by atoms with Gasteiger partial charge in [-0.25, -0.2) is 0 Å². The highest BCUT2D eigenvalue weighted by atomic mass is 16.4. The van der Waals surface area contributed by atoms with Crippen molar-refractivity contribution in [2.45, 2.75) is 46.1 Å². The van der Waals surface area contributed by atoms with Gasteiger partial charge in [-0.05, 0) is 29.9 Å². The minimum absolute atomic E-state index is 0.00514. The molecular weight excluding hydrogens is 266 g/mol. The molecule has 1 aromatic carbocycles. The van der Waals surface area contributed by atoms with E-state index in [-0.39, 0.29) is 23.8 Å². The summed E-state index contributed by atoms with van der Waals surface area (Å²) in [7, 11) is 0. The lowest BCUT2D eigenvalue weighted by molar-refractivity contribution is -0.138. The maximum Gasteiger partial charge on any atom is 0.305 e. The van der Waals surface area contributed by atoms with E-state index in [9.17, 15) is 9.59 Å². The molecule has 114 valence electrons. The van der Waals surface area contributed by atoms with Crippen molar-refractivity contribution < 1.29 is 14.7 Å². The Morgan fingerprint density at radius 3 is 2.62 bits per heavy atom. The van der Waals surface area contributed by atoms with Gasteiger partial charge in [0.25, 0.3) is 5.91 Å². The zero-order valence-corrected chi connectivity index (χ0v) is 12.9. The number of amides is 1. The largest absolute Gasteiger partial charge is 0.481 e. The first-order valence-electron chi connectivity index (χ1n) is 7.38. The third-order valence-corrected chi connectivity index (χ3v) is 3.83. The SMILES string of the molecule is CC(C)(C)CC(CC(=O)O)N1CCc2ccccc2C1=O. The number of benzene rings is 1. The number of carboxylic acids is 1. The summed E-state index contributed by atoms with van der Waals surface area (Å²) in [6.45, 7) is 6.82. The molecule has 4 nitrogen and oxygen atoms in total. The molecular formula is C17H23NO3. The summed E-state index contributed by atoms with van der Waals surface area (Å²) in [5.41, 5.74) is 1.76. The third kappa shape index (κ3) is 3.84. The highest BCUT2D eigenvalue weighted by molar-refractivity contribution is 5.97. The van der Waals surface area contributed by atoms with Crippen LogP contribution in [0.15, 0.2) is 24.3 Å². The summed E-state index contributed by atoms with van der Waals surface area (Å²) < 4.78 is 0. The van der Waals surface area contributed by atoms with Gasteiger partial charge in [0.1, 0.15) is 0 Å². The Morgan fingerprint density at radius 1 is 1.33 bits per heavy atom. The summed E-state index contributed by atoms with van der Waals surface area (Å²) >= 11 is 0. The smallest absolute Gasteiger partial charge is 0.305 e. The Bertz CT molecular complexity index is 545. The van der Waals surface area contributed by atoms with Gasteiger partial charge < -0.3 is 10.0 Å². The summed E-state index contributed by atoms with van der Waals surface area (Å²) in [4.78, 5) is 25.6. The van der Waals surface area contributed by atoms with Gasteiger partial charge in [0.05, 0.1) is 6.42 Å². The lowest BCUT2D eigenvalue weighted by Crippen LogP contribution is -2.47. The quantitative estimate of drug-likeness (QED) is 0.927. The highest BCUT2D eigenvalue weighted by Gasteiger charge is 2.33. The number of hydrogen-bond acceptors (Lipinski definition) is 2. The van der Waals surface area contributed by atoms with Crippen LogP contribution in [0.3, 0.4) is 0 Å². The number of rotatable bonds is 4. The van der Waals surface area contributed by atoms with Gasteiger partial charge in [-0.2, -0.15) is 0 Å². The van der Waals surface area contributed by atoms with Crippen molar-refractivity contribution in [1.82, 2.24) is 4.90 Å². The molecule has 0 aliphatic carbocycles. The molecule has 1 unspecified atom stereocenters. The van der Waals surface area contributed by atoms with Gasteiger partial charge in [-0.1, -0.05) is 39.0 Å². The molecule has 21 heavy (non-hydrogen) atoms. The summed E-state index contributed by atoms with van der Waals surface area (Å²) in [5, 5.41) is 9.15. The van der Waals surface area contributed by atoms with Crippen molar-refractivity contribution in [2.75, 3.05) is 6.54 Å². The number of carbonyl (C=O) groups is 2. The van der Waals surface area contributed by atoms with E-state index < -0.39 is 5.97 Å². The second-order valence-corrected chi connectivity index (χ2v) is 6.92. The molecule has 1 aromatic rings. The minimum atomic E-state index is -0.851. The zero-order chi connectivity index (χ0) is 15.6. The molecule has 0 fully saturated rings. The molecule has 2 rings (SSSR count). The van der Waals surface area contributed by atoms with E-state index in [2.05, 4.69) is 20.8 Å². The molecule has 0 saturated heterocycles. The first-order chi connectivity index (χ1) is 9.78. The summed E-state index contributed by atoms with van der Waals surface area (Å²) in [6.07, 6.45) is 1.49. The number of nitrogens with zero attached hydrogens (tertiary/aromatic N) is 1. The van der Waals surface area contributed by atoms with E-state index in [0.29, 0.717) is 18.5 Å². The van der Waals surface area contributed by atoms with Crippen LogP contribution in [0.2, 0.25) is 0 Å². The van der Waals surface area contributed by atoms with Gasteiger partial charge in [0.2, 0.25) is 0 Å². The fourth-order valence-corrected chi connectivity index (χ4v) is 2.99. The lowest BCUT2D eigenvalue weighted by Gasteiger charge is -2.37. The number of carbonyl (C=O) groups excluding carboxylic acids is 1. The molecule has 0 radical (unpaired) electrons. The van der Waals surface area contributed by atoms with E-state index in [4.69, 9.17) is 5.11 Å². The van der Waals surface area contributed by atoms with Crippen molar-refractivity contribution in [1.29, 1.82) is 0 Å². The fraction of sp³-hybridized carbons (Fsp3) is 0.529. The van der Waals surface area contributed by atoms with Crippen LogP contribution in [0.4, 0.5) is 0 Å². The third-order valence-electron chi connectivity index (χ3n) is 3.83. The van der Waals surface area contributed by atoms with Crippen molar-refractivity contribution in [3.63, 3.8) is 0 Å². The Morgan fingerprint density at radius 2 is 2.00 bits per heavy atom. The Hall–Kier alpha value is -1.84. The van der Waals surface area contributed by atoms with Gasteiger partial charge >= 0.3 is 5.97 Å². The average Bonchev–Trinajstić information content (AvgIpc) is 2.36. The lowest BCUT2D eigenvalue weighted by atomic mass is 9.85. The molecule has 1 N–H and O–H groups in total. The Balaban J connectivity index is 2.25. The van der Waals surface area contributed by atoms with Crippen LogP contribution in [0.5, 0.6) is 0 Å². The van der Waals surface area contributed by atoms with E-state index in [0.717, 1.165) is 12.0 Å². The first-order valence-corrected chi connectivity index (χ1v) is 7.38. The molecule has 1 amide bonds. The molecule has 1 heterocycles. The molecule has 1 aliphatic rings. The molecule has 0 bridgehead atoms.